The number of aryl methyl sites for hydroxylation is 1. The summed E-state index contributed by atoms with van der Waals surface area (Å²) in [7, 11) is 0. The molecule has 0 radical (unpaired) electrons. The highest BCUT2D eigenvalue weighted by Crippen LogP contribution is 2.16. The van der Waals surface area contributed by atoms with Crippen molar-refractivity contribution in [3.05, 3.63) is 64.7 Å². The van der Waals surface area contributed by atoms with Crippen molar-refractivity contribution in [3.8, 4) is 11.8 Å². The summed E-state index contributed by atoms with van der Waals surface area (Å²) in [6.45, 7) is 6.48. The summed E-state index contributed by atoms with van der Waals surface area (Å²) in [6.07, 6.45) is 3.23. The fraction of sp³-hybridized carbons (Fsp3) is 0.370. The van der Waals surface area contributed by atoms with Crippen molar-refractivity contribution in [2.24, 2.45) is 10.7 Å². The number of carbonyl (C=O) groups is 2. The Morgan fingerprint density at radius 1 is 1.12 bits per heavy atom. The highest BCUT2D eigenvalue weighted by Gasteiger charge is 2.19. The minimum Gasteiger partial charge on any atom is -0.448 e. The Morgan fingerprint density at radius 3 is 2.50 bits per heavy atom. The fourth-order valence-electron chi connectivity index (χ4n) is 3.58. The summed E-state index contributed by atoms with van der Waals surface area (Å²) < 4.78 is 5.00. The van der Waals surface area contributed by atoms with Gasteiger partial charge in [-0.3, -0.25) is 4.79 Å². The van der Waals surface area contributed by atoms with Gasteiger partial charge in [-0.25, -0.2) is 4.79 Å². The third-order valence-electron chi connectivity index (χ3n) is 5.59. The molecule has 7 heteroatoms. The number of rotatable bonds is 7. The summed E-state index contributed by atoms with van der Waals surface area (Å²) in [4.78, 5) is 29.9. The van der Waals surface area contributed by atoms with E-state index in [2.05, 4.69) is 22.2 Å². The van der Waals surface area contributed by atoms with E-state index in [1.54, 1.807) is 12.1 Å². The number of nitrogens with zero attached hydrogens (tertiary/aromatic N) is 2. The fourth-order valence-corrected chi connectivity index (χ4v) is 3.58. The molecule has 0 aliphatic carbocycles. The Labute approximate surface area is 201 Å². The molecule has 1 fully saturated rings. The Bertz CT molecular complexity index is 1090. The molecule has 34 heavy (non-hydrogen) atoms. The summed E-state index contributed by atoms with van der Waals surface area (Å²) in [5, 5.41) is 3.24. The average Bonchev–Trinajstić information content (AvgIpc) is 3.37. The van der Waals surface area contributed by atoms with Crippen molar-refractivity contribution >= 4 is 23.5 Å². The normalized spacial score (nSPS) is 13.2. The number of carbonyl (C=O) groups excluding carboxylic acids is 2. The smallest absolute Gasteiger partial charge is 0.435 e. The van der Waals surface area contributed by atoms with Gasteiger partial charge in [-0.1, -0.05) is 25.2 Å². The highest BCUT2D eigenvalue weighted by atomic mass is 16.5. The minimum absolute atomic E-state index is 0.101. The van der Waals surface area contributed by atoms with Gasteiger partial charge in [0.05, 0.1) is 13.2 Å². The number of nitrogens with one attached hydrogen (secondary N) is 1. The molecular formula is C27H32N4O3. The van der Waals surface area contributed by atoms with Gasteiger partial charge in [-0.15, -0.1) is 0 Å². The van der Waals surface area contributed by atoms with Crippen LogP contribution in [-0.2, 0) is 4.74 Å². The molecule has 3 rings (SSSR count). The van der Waals surface area contributed by atoms with E-state index in [9.17, 15) is 9.59 Å². The molecule has 2 aromatic rings. The first-order chi connectivity index (χ1) is 16.5. The van der Waals surface area contributed by atoms with Crippen molar-refractivity contribution in [2.45, 2.75) is 39.5 Å². The first-order valence-corrected chi connectivity index (χ1v) is 11.7. The largest absolute Gasteiger partial charge is 0.448 e. The van der Waals surface area contributed by atoms with Crippen LogP contribution >= 0.6 is 0 Å². The van der Waals surface area contributed by atoms with Crippen molar-refractivity contribution < 1.29 is 14.3 Å². The van der Waals surface area contributed by atoms with Crippen LogP contribution in [0.1, 0.15) is 59.7 Å². The second kappa shape index (κ2) is 12.4. The van der Waals surface area contributed by atoms with E-state index in [1.165, 1.54) is 0 Å². The van der Waals surface area contributed by atoms with Crippen molar-refractivity contribution in [1.29, 1.82) is 0 Å². The molecule has 0 saturated carbocycles. The zero-order valence-corrected chi connectivity index (χ0v) is 19.9. The quantitative estimate of drug-likeness (QED) is 0.277. The van der Waals surface area contributed by atoms with E-state index < -0.39 is 6.09 Å². The second-order valence-corrected chi connectivity index (χ2v) is 8.23. The van der Waals surface area contributed by atoms with Gasteiger partial charge in [-0.2, -0.15) is 4.99 Å². The van der Waals surface area contributed by atoms with Crippen LogP contribution in [-0.4, -0.2) is 49.0 Å². The molecule has 0 spiro atoms. The molecule has 1 saturated heterocycles. The Balaban J connectivity index is 1.52. The SMILES string of the molecule is CCCCOC(=O)N=C(N)c1ccc(NCC#Cc2ccc(C(=O)N3CCCC3)cc2C)cc1. The number of anilines is 1. The number of aliphatic imine (C=N–C) groups is 1. The topological polar surface area (TPSA) is 97.0 Å². The maximum Gasteiger partial charge on any atom is 0.435 e. The van der Waals surface area contributed by atoms with E-state index in [0.29, 0.717) is 18.7 Å². The molecular weight excluding hydrogens is 428 g/mol. The molecule has 1 heterocycles. The van der Waals surface area contributed by atoms with E-state index in [1.807, 2.05) is 49.1 Å². The molecule has 0 aromatic heterocycles. The minimum atomic E-state index is -0.674. The molecule has 2 aromatic carbocycles. The lowest BCUT2D eigenvalue weighted by Gasteiger charge is -2.15. The number of hydrogen-bond acceptors (Lipinski definition) is 4. The number of amidine groups is 1. The standard InChI is InChI=1S/C27H32N4O3/c1-3-4-18-34-27(33)30-25(28)22-11-13-24(14-12-22)29-15-7-8-21-9-10-23(19-20(21)2)26(32)31-16-5-6-17-31/h9-14,19,29H,3-6,15-18H2,1-2H3,(H2,28,30,33). The molecule has 7 nitrogen and oxygen atoms in total. The Morgan fingerprint density at radius 2 is 1.82 bits per heavy atom. The van der Waals surface area contributed by atoms with Crippen LogP contribution in [0.5, 0.6) is 0 Å². The summed E-state index contributed by atoms with van der Waals surface area (Å²) >= 11 is 0. The predicted octanol–water partition coefficient (Wildman–Crippen LogP) is 4.34. The average molecular weight is 461 g/mol. The number of unbranched alkanes of at least 4 members (excludes halogenated alkanes) is 1. The zero-order chi connectivity index (χ0) is 24.3. The maximum absolute atomic E-state index is 12.5. The van der Waals surface area contributed by atoms with Gasteiger partial charge in [0.2, 0.25) is 0 Å². The predicted molar refractivity (Wildman–Crippen MR) is 135 cm³/mol. The molecule has 2 amide bonds. The number of amides is 2. The molecule has 1 aliphatic heterocycles. The monoisotopic (exact) mass is 460 g/mol. The van der Waals surface area contributed by atoms with Gasteiger partial charge >= 0.3 is 6.09 Å². The number of hydrogen-bond donors (Lipinski definition) is 2. The van der Waals surface area contributed by atoms with E-state index in [0.717, 1.165) is 61.2 Å². The summed E-state index contributed by atoms with van der Waals surface area (Å²) in [5.74, 6) is 6.50. The van der Waals surface area contributed by atoms with Gasteiger partial charge in [0, 0.05) is 35.5 Å². The van der Waals surface area contributed by atoms with Crippen LogP contribution in [0.15, 0.2) is 47.5 Å². The number of nitrogens with two attached hydrogens (primary N) is 1. The summed E-state index contributed by atoms with van der Waals surface area (Å²) in [6, 6.07) is 13.0. The van der Waals surface area contributed by atoms with Crippen LogP contribution in [0, 0.1) is 18.8 Å². The Hall–Kier alpha value is -3.79. The molecule has 0 unspecified atom stereocenters. The van der Waals surface area contributed by atoms with Crippen LogP contribution < -0.4 is 11.1 Å². The lowest BCUT2D eigenvalue weighted by molar-refractivity contribution is 0.0792. The second-order valence-electron chi connectivity index (χ2n) is 8.23. The molecule has 0 atom stereocenters. The van der Waals surface area contributed by atoms with Crippen LogP contribution in [0.4, 0.5) is 10.5 Å². The molecule has 1 aliphatic rings. The van der Waals surface area contributed by atoms with Gasteiger partial charge in [0.15, 0.2) is 0 Å². The Kier molecular flexibility index (Phi) is 9.10. The van der Waals surface area contributed by atoms with Gasteiger partial charge in [0.25, 0.3) is 5.91 Å². The third-order valence-corrected chi connectivity index (χ3v) is 5.59. The van der Waals surface area contributed by atoms with E-state index in [4.69, 9.17) is 10.5 Å². The van der Waals surface area contributed by atoms with Crippen LogP contribution in [0.25, 0.3) is 0 Å². The number of likely N-dealkylation sites (tertiary alicyclic amines) is 1. The lowest BCUT2D eigenvalue weighted by atomic mass is 10.0. The third kappa shape index (κ3) is 7.11. The van der Waals surface area contributed by atoms with E-state index >= 15 is 0 Å². The molecule has 178 valence electrons. The van der Waals surface area contributed by atoms with Gasteiger partial charge in [-0.05, 0) is 74.2 Å². The van der Waals surface area contributed by atoms with Crippen LogP contribution in [0.3, 0.4) is 0 Å². The highest BCUT2D eigenvalue weighted by molar-refractivity contribution is 6.02. The van der Waals surface area contributed by atoms with Crippen molar-refractivity contribution in [1.82, 2.24) is 4.90 Å². The van der Waals surface area contributed by atoms with Crippen molar-refractivity contribution in [3.63, 3.8) is 0 Å². The van der Waals surface area contributed by atoms with Crippen LogP contribution in [0.2, 0.25) is 0 Å². The van der Waals surface area contributed by atoms with Crippen molar-refractivity contribution in [2.75, 3.05) is 31.6 Å². The number of ether oxygens (including phenoxy) is 1. The summed E-state index contributed by atoms with van der Waals surface area (Å²) in [5.41, 5.74) is 10.0. The van der Waals surface area contributed by atoms with Gasteiger partial charge < -0.3 is 20.7 Å². The first kappa shape index (κ1) is 24.8. The zero-order valence-electron chi connectivity index (χ0n) is 19.9. The first-order valence-electron chi connectivity index (χ1n) is 11.7. The lowest BCUT2D eigenvalue weighted by Crippen LogP contribution is -2.27. The molecule has 3 N–H and O–H groups in total. The van der Waals surface area contributed by atoms with Gasteiger partial charge in [0.1, 0.15) is 5.84 Å². The number of benzene rings is 2. The maximum atomic E-state index is 12.5. The van der Waals surface area contributed by atoms with E-state index in [-0.39, 0.29) is 11.7 Å². The molecule has 0 bridgehead atoms.